The quantitative estimate of drug-likeness (QED) is 0.225. The first-order valence-electron chi connectivity index (χ1n) is 12.0. The van der Waals surface area contributed by atoms with Crippen LogP contribution < -0.4 is 0 Å². The summed E-state index contributed by atoms with van der Waals surface area (Å²) in [5, 5.41) is 8.63. The molecule has 1 atom stereocenters. The van der Waals surface area contributed by atoms with Gasteiger partial charge in [-0.25, -0.2) is 0 Å². The minimum Gasteiger partial charge on any atom is -0.396 e. The SMILES string of the molecule is CC(CCOCCOCCOCCOCCCOCCCOCCCO)CC(C)(C)C. The summed E-state index contributed by atoms with van der Waals surface area (Å²) >= 11 is 0. The van der Waals surface area contributed by atoms with Gasteiger partial charge in [-0.1, -0.05) is 27.7 Å². The summed E-state index contributed by atoms with van der Waals surface area (Å²) in [5.41, 5.74) is 0.388. The summed E-state index contributed by atoms with van der Waals surface area (Å²) < 4.78 is 33.0. The van der Waals surface area contributed by atoms with Gasteiger partial charge in [0.1, 0.15) is 0 Å². The average molecular weight is 451 g/mol. The van der Waals surface area contributed by atoms with Gasteiger partial charge < -0.3 is 33.5 Å². The molecular formula is C24H50O7. The molecule has 0 aromatic rings. The molecule has 0 bridgehead atoms. The second-order valence-electron chi connectivity index (χ2n) is 9.12. The number of aliphatic hydroxyl groups is 1. The van der Waals surface area contributed by atoms with Crippen molar-refractivity contribution in [3.05, 3.63) is 0 Å². The second kappa shape index (κ2) is 22.9. The number of rotatable bonds is 24. The predicted molar refractivity (Wildman–Crippen MR) is 124 cm³/mol. The number of hydrogen-bond acceptors (Lipinski definition) is 7. The lowest BCUT2D eigenvalue weighted by Gasteiger charge is -2.23. The van der Waals surface area contributed by atoms with Crippen LogP contribution in [0.1, 0.15) is 59.8 Å². The van der Waals surface area contributed by atoms with E-state index in [4.69, 9.17) is 33.5 Å². The van der Waals surface area contributed by atoms with Gasteiger partial charge in [-0.15, -0.1) is 0 Å². The summed E-state index contributed by atoms with van der Waals surface area (Å²) in [6.07, 6.45) is 4.79. The summed E-state index contributed by atoms with van der Waals surface area (Å²) in [4.78, 5) is 0. The van der Waals surface area contributed by atoms with Crippen LogP contribution in [-0.4, -0.2) is 91.0 Å². The van der Waals surface area contributed by atoms with Crippen LogP contribution in [0.5, 0.6) is 0 Å². The smallest absolute Gasteiger partial charge is 0.0701 e. The van der Waals surface area contributed by atoms with E-state index in [1.165, 1.54) is 6.42 Å². The van der Waals surface area contributed by atoms with E-state index in [1.807, 2.05) is 0 Å². The van der Waals surface area contributed by atoms with E-state index in [0.29, 0.717) is 90.4 Å². The lowest BCUT2D eigenvalue weighted by atomic mass is 9.84. The first-order valence-corrected chi connectivity index (χ1v) is 12.0. The highest BCUT2D eigenvalue weighted by atomic mass is 16.6. The van der Waals surface area contributed by atoms with Crippen LogP contribution in [0.15, 0.2) is 0 Å². The minimum atomic E-state index is 0.183. The Balaban J connectivity index is 3.10. The molecule has 0 spiro atoms. The third kappa shape index (κ3) is 27.7. The normalized spacial score (nSPS) is 13.1. The van der Waals surface area contributed by atoms with Gasteiger partial charge in [0.05, 0.1) is 39.6 Å². The molecular weight excluding hydrogens is 400 g/mol. The van der Waals surface area contributed by atoms with E-state index < -0.39 is 0 Å². The van der Waals surface area contributed by atoms with Crippen molar-refractivity contribution in [2.24, 2.45) is 11.3 Å². The Morgan fingerprint density at radius 3 is 1.32 bits per heavy atom. The molecule has 7 heteroatoms. The molecule has 0 aromatic carbocycles. The Hall–Kier alpha value is -0.280. The maximum Gasteiger partial charge on any atom is 0.0701 e. The zero-order valence-electron chi connectivity index (χ0n) is 20.7. The molecule has 31 heavy (non-hydrogen) atoms. The molecule has 0 fully saturated rings. The van der Waals surface area contributed by atoms with Crippen molar-refractivity contribution < 1.29 is 33.5 Å². The molecule has 1 N–H and O–H groups in total. The molecule has 1 unspecified atom stereocenters. The Morgan fingerprint density at radius 2 is 0.903 bits per heavy atom. The van der Waals surface area contributed by atoms with Crippen LogP contribution in [0, 0.1) is 11.3 Å². The van der Waals surface area contributed by atoms with E-state index in [9.17, 15) is 0 Å². The topological polar surface area (TPSA) is 75.6 Å². The molecule has 0 heterocycles. The Morgan fingerprint density at radius 1 is 0.548 bits per heavy atom. The fourth-order valence-electron chi connectivity index (χ4n) is 3.09. The second-order valence-corrected chi connectivity index (χ2v) is 9.12. The van der Waals surface area contributed by atoms with Crippen LogP contribution in [0.4, 0.5) is 0 Å². The fraction of sp³-hybridized carbons (Fsp3) is 1.00. The maximum atomic E-state index is 8.63. The first-order chi connectivity index (χ1) is 15.0. The number of ether oxygens (including phenoxy) is 6. The first kappa shape index (κ1) is 30.7. The molecule has 0 radical (unpaired) electrons. The van der Waals surface area contributed by atoms with Crippen LogP contribution in [-0.2, 0) is 28.4 Å². The molecule has 0 aliphatic heterocycles. The molecule has 0 aliphatic carbocycles. The largest absolute Gasteiger partial charge is 0.396 e. The van der Waals surface area contributed by atoms with Gasteiger partial charge in [0.25, 0.3) is 0 Å². The molecule has 0 saturated heterocycles. The van der Waals surface area contributed by atoms with E-state index in [2.05, 4.69) is 27.7 Å². The molecule has 0 amide bonds. The van der Waals surface area contributed by atoms with E-state index >= 15 is 0 Å². The van der Waals surface area contributed by atoms with Crippen LogP contribution in [0.2, 0.25) is 0 Å². The Bertz CT molecular complexity index is 347. The summed E-state index contributed by atoms with van der Waals surface area (Å²) in [5.74, 6) is 0.692. The van der Waals surface area contributed by atoms with Crippen LogP contribution >= 0.6 is 0 Å². The third-order valence-corrected chi connectivity index (χ3v) is 4.43. The zero-order valence-corrected chi connectivity index (χ0v) is 20.7. The molecule has 7 nitrogen and oxygen atoms in total. The number of aliphatic hydroxyl groups excluding tert-OH is 1. The monoisotopic (exact) mass is 450 g/mol. The maximum absolute atomic E-state index is 8.63. The van der Waals surface area contributed by atoms with Gasteiger partial charge in [-0.3, -0.25) is 0 Å². The number of hydrogen-bond donors (Lipinski definition) is 1. The average Bonchev–Trinajstić information content (AvgIpc) is 2.70. The molecule has 0 rings (SSSR count). The standard InChI is InChI=1S/C24H50O7/c1-23(22-24(2,3)4)8-15-29-17-19-31-21-20-30-18-16-28-14-7-13-27-12-6-11-26-10-5-9-25/h23,25H,5-22H2,1-4H3. The van der Waals surface area contributed by atoms with Crippen molar-refractivity contribution in [2.45, 2.75) is 59.8 Å². The van der Waals surface area contributed by atoms with Crippen molar-refractivity contribution in [1.29, 1.82) is 0 Å². The predicted octanol–water partition coefficient (Wildman–Crippen LogP) is 3.71. The lowest BCUT2D eigenvalue weighted by Crippen LogP contribution is -2.14. The van der Waals surface area contributed by atoms with Gasteiger partial charge in [-0.05, 0) is 43.4 Å². The van der Waals surface area contributed by atoms with Crippen molar-refractivity contribution >= 4 is 0 Å². The Kier molecular flexibility index (Phi) is 22.7. The highest BCUT2D eigenvalue weighted by Gasteiger charge is 2.14. The third-order valence-electron chi connectivity index (χ3n) is 4.43. The fourth-order valence-corrected chi connectivity index (χ4v) is 3.09. The van der Waals surface area contributed by atoms with Crippen LogP contribution in [0.3, 0.4) is 0 Å². The lowest BCUT2D eigenvalue weighted by molar-refractivity contribution is -0.00570. The van der Waals surface area contributed by atoms with Gasteiger partial charge in [0.15, 0.2) is 0 Å². The van der Waals surface area contributed by atoms with E-state index in [-0.39, 0.29) is 6.61 Å². The molecule has 0 saturated carbocycles. The highest BCUT2D eigenvalue weighted by molar-refractivity contribution is 4.66. The van der Waals surface area contributed by atoms with E-state index in [0.717, 1.165) is 25.9 Å². The van der Waals surface area contributed by atoms with Crippen molar-refractivity contribution in [2.75, 3.05) is 85.9 Å². The van der Waals surface area contributed by atoms with E-state index in [1.54, 1.807) is 0 Å². The molecule has 0 aliphatic rings. The molecule has 0 aromatic heterocycles. The van der Waals surface area contributed by atoms with Crippen molar-refractivity contribution in [3.63, 3.8) is 0 Å². The minimum absolute atomic E-state index is 0.183. The van der Waals surface area contributed by atoms with Crippen molar-refractivity contribution in [3.8, 4) is 0 Å². The van der Waals surface area contributed by atoms with Crippen molar-refractivity contribution in [1.82, 2.24) is 0 Å². The van der Waals surface area contributed by atoms with Gasteiger partial charge in [0.2, 0.25) is 0 Å². The zero-order chi connectivity index (χ0) is 23.0. The summed E-state index contributed by atoms with van der Waals surface area (Å²) in [7, 11) is 0. The molecule has 188 valence electrons. The summed E-state index contributed by atoms with van der Waals surface area (Å²) in [6, 6.07) is 0. The van der Waals surface area contributed by atoms with Crippen LogP contribution in [0.25, 0.3) is 0 Å². The highest BCUT2D eigenvalue weighted by Crippen LogP contribution is 2.25. The van der Waals surface area contributed by atoms with Gasteiger partial charge in [-0.2, -0.15) is 0 Å². The Labute approximate surface area is 191 Å². The van der Waals surface area contributed by atoms with Gasteiger partial charge >= 0.3 is 0 Å². The van der Waals surface area contributed by atoms with Gasteiger partial charge in [0, 0.05) is 46.2 Å². The summed E-state index contributed by atoms with van der Waals surface area (Å²) in [6.45, 7) is 17.1.